The Labute approximate surface area is 170 Å². The van der Waals surface area contributed by atoms with E-state index in [4.69, 9.17) is 5.73 Å². The molecule has 0 unspecified atom stereocenters. The van der Waals surface area contributed by atoms with Crippen LogP contribution in [0.4, 0.5) is 23.1 Å². The molecule has 154 valence electrons. The number of aromatic nitrogens is 3. The van der Waals surface area contributed by atoms with Gasteiger partial charge in [0.15, 0.2) is 11.5 Å². The minimum Gasteiger partial charge on any atom is -0.369 e. The highest BCUT2D eigenvalue weighted by molar-refractivity contribution is 5.95. The van der Waals surface area contributed by atoms with Gasteiger partial charge in [-0.3, -0.25) is 9.69 Å². The summed E-state index contributed by atoms with van der Waals surface area (Å²) in [6, 6.07) is 9.13. The van der Waals surface area contributed by atoms with Crippen molar-refractivity contribution in [3.05, 3.63) is 30.0 Å². The molecule has 1 aromatic heterocycles. The van der Waals surface area contributed by atoms with Crippen LogP contribution in [0.5, 0.6) is 0 Å². The van der Waals surface area contributed by atoms with Crippen LogP contribution < -0.4 is 21.3 Å². The minimum absolute atomic E-state index is 0.0679. The molecule has 1 saturated heterocycles. The number of nitrogens with two attached hydrogens (primary N) is 1. The molecule has 1 aliphatic carbocycles. The van der Waals surface area contributed by atoms with E-state index in [1.807, 2.05) is 12.1 Å². The van der Waals surface area contributed by atoms with Gasteiger partial charge in [-0.2, -0.15) is 4.98 Å². The van der Waals surface area contributed by atoms with E-state index in [1.165, 1.54) is 5.69 Å². The molecule has 2 fully saturated rings. The molecule has 9 heteroatoms. The molecule has 4 N–H and O–H groups in total. The maximum Gasteiger partial charge on any atom is 0.273 e. The van der Waals surface area contributed by atoms with Gasteiger partial charge in [0.1, 0.15) is 0 Å². The number of carbonyl (C=O) groups excluding carboxylic acids is 1. The predicted octanol–water partition coefficient (Wildman–Crippen LogP) is 1.82. The van der Waals surface area contributed by atoms with Gasteiger partial charge in [0.25, 0.3) is 5.91 Å². The van der Waals surface area contributed by atoms with Gasteiger partial charge < -0.3 is 21.3 Å². The van der Waals surface area contributed by atoms with E-state index in [-0.39, 0.29) is 5.69 Å². The number of hydrogen-bond acceptors (Lipinski definition) is 8. The van der Waals surface area contributed by atoms with Gasteiger partial charge in [-0.05, 0) is 51.0 Å². The third-order valence-corrected chi connectivity index (χ3v) is 5.37. The molecule has 0 radical (unpaired) electrons. The Kier molecular flexibility index (Phi) is 5.48. The molecular weight excluding hydrogens is 368 g/mol. The molecule has 4 rings (SSSR count). The minimum atomic E-state index is -0.637. The third-order valence-electron chi connectivity index (χ3n) is 5.37. The molecule has 0 atom stereocenters. The second-order valence-electron chi connectivity index (χ2n) is 7.90. The monoisotopic (exact) mass is 396 g/mol. The van der Waals surface area contributed by atoms with Crippen molar-refractivity contribution in [3.8, 4) is 0 Å². The molecule has 2 heterocycles. The highest BCUT2D eigenvalue weighted by Gasteiger charge is 2.25. The summed E-state index contributed by atoms with van der Waals surface area (Å²) >= 11 is 0. The molecular formula is C20H28N8O. The molecule has 2 aliphatic rings. The van der Waals surface area contributed by atoms with Crippen LogP contribution in [-0.2, 0) is 0 Å². The normalized spacial score (nSPS) is 17.4. The fourth-order valence-corrected chi connectivity index (χ4v) is 3.45. The lowest BCUT2D eigenvalue weighted by Crippen LogP contribution is -2.48. The van der Waals surface area contributed by atoms with Gasteiger partial charge in [0, 0.05) is 49.6 Å². The smallest absolute Gasteiger partial charge is 0.273 e. The molecule has 0 spiro atoms. The molecule has 9 nitrogen and oxygen atoms in total. The van der Waals surface area contributed by atoms with E-state index < -0.39 is 5.91 Å². The van der Waals surface area contributed by atoms with Crippen LogP contribution in [0.2, 0.25) is 0 Å². The van der Waals surface area contributed by atoms with Crippen LogP contribution in [0.3, 0.4) is 0 Å². The Morgan fingerprint density at radius 3 is 2.38 bits per heavy atom. The predicted molar refractivity (Wildman–Crippen MR) is 114 cm³/mol. The van der Waals surface area contributed by atoms with Gasteiger partial charge in [-0.15, -0.1) is 10.2 Å². The number of nitrogens with zero attached hydrogens (tertiary/aromatic N) is 5. The summed E-state index contributed by atoms with van der Waals surface area (Å²) in [6.07, 6.45) is 2.11. The zero-order valence-electron chi connectivity index (χ0n) is 16.9. The lowest BCUT2D eigenvalue weighted by Gasteiger charge is -2.38. The summed E-state index contributed by atoms with van der Waals surface area (Å²) in [5.74, 6) is 0.0789. The molecule has 1 aliphatic heterocycles. The Hall–Kier alpha value is -2.94. The van der Waals surface area contributed by atoms with Crippen molar-refractivity contribution >= 4 is 29.0 Å². The fourth-order valence-electron chi connectivity index (χ4n) is 3.45. The Bertz CT molecular complexity index is 857. The number of nitrogens with one attached hydrogen (secondary N) is 2. The number of rotatable bonds is 7. The Morgan fingerprint density at radius 2 is 1.79 bits per heavy atom. The zero-order valence-corrected chi connectivity index (χ0v) is 16.9. The molecule has 1 amide bonds. The van der Waals surface area contributed by atoms with Crippen molar-refractivity contribution in [2.45, 2.75) is 38.8 Å². The van der Waals surface area contributed by atoms with Crippen LogP contribution in [-0.4, -0.2) is 64.3 Å². The van der Waals surface area contributed by atoms with E-state index in [0.29, 0.717) is 23.8 Å². The van der Waals surface area contributed by atoms with Crippen molar-refractivity contribution < 1.29 is 4.79 Å². The molecule has 2 aromatic rings. The summed E-state index contributed by atoms with van der Waals surface area (Å²) in [6.45, 7) is 8.72. The highest BCUT2D eigenvalue weighted by Crippen LogP contribution is 2.26. The van der Waals surface area contributed by atoms with E-state index in [2.05, 4.69) is 61.6 Å². The number of primary amides is 1. The molecule has 29 heavy (non-hydrogen) atoms. The number of hydrogen-bond donors (Lipinski definition) is 3. The largest absolute Gasteiger partial charge is 0.369 e. The Morgan fingerprint density at radius 1 is 1.10 bits per heavy atom. The van der Waals surface area contributed by atoms with Crippen LogP contribution in [0.25, 0.3) is 0 Å². The lowest BCUT2D eigenvalue weighted by molar-refractivity contribution is 0.0995. The topological polar surface area (TPSA) is 112 Å². The number of anilines is 4. The van der Waals surface area contributed by atoms with E-state index in [9.17, 15) is 4.79 Å². The van der Waals surface area contributed by atoms with Crippen LogP contribution in [0.15, 0.2) is 24.3 Å². The average Bonchev–Trinajstić information content (AvgIpc) is 3.53. The van der Waals surface area contributed by atoms with Gasteiger partial charge in [0.2, 0.25) is 5.95 Å². The number of carbonyl (C=O) groups is 1. The summed E-state index contributed by atoms with van der Waals surface area (Å²) in [7, 11) is 0. The summed E-state index contributed by atoms with van der Waals surface area (Å²) < 4.78 is 0. The van der Waals surface area contributed by atoms with Crippen molar-refractivity contribution in [3.63, 3.8) is 0 Å². The maximum atomic E-state index is 11.6. The first kappa shape index (κ1) is 19.4. The molecule has 1 aromatic carbocycles. The maximum absolute atomic E-state index is 11.6. The summed E-state index contributed by atoms with van der Waals surface area (Å²) in [5.41, 5.74) is 7.51. The number of piperazine rings is 1. The van der Waals surface area contributed by atoms with E-state index >= 15 is 0 Å². The van der Waals surface area contributed by atoms with Gasteiger partial charge >= 0.3 is 0 Å². The van der Waals surface area contributed by atoms with Crippen LogP contribution in [0.1, 0.15) is 37.2 Å². The number of amides is 1. The quantitative estimate of drug-likeness (QED) is 0.650. The van der Waals surface area contributed by atoms with E-state index in [0.717, 1.165) is 44.7 Å². The lowest BCUT2D eigenvalue weighted by atomic mass is 10.2. The first-order valence-electron chi connectivity index (χ1n) is 10.2. The van der Waals surface area contributed by atoms with Gasteiger partial charge in [-0.25, -0.2) is 0 Å². The first-order valence-corrected chi connectivity index (χ1v) is 10.2. The van der Waals surface area contributed by atoms with Crippen LogP contribution in [0, 0.1) is 0 Å². The van der Waals surface area contributed by atoms with E-state index in [1.54, 1.807) is 0 Å². The highest BCUT2D eigenvalue weighted by atomic mass is 16.1. The fraction of sp³-hybridized carbons (Fsp3) is 0.500. The standard InChI is InChI=1S/C20H28N8O/c1-13(2)27-9-11-28(12-10-27)16-7-5-15(6-8-16)23-20-24-19(22-14-3-4-14)17(18(21)29)25-26-20/h5-8,13-14H,3-4,9-12H2,1-2H3,(H2,21,29)(H2,22,23,24,26). The molecule has 1 saturated carbocycles. The zero-order chi connectivity index (χ0) is 20.4. The second kappa shape index (κ2) is 8.20. The number of benzene rings is 1. The molecule has 0 bridgehead atoms. The SMILES string of the molecule is CC(C)N1CCN(c2ccc(Nc3nnc(C(N)=O)c(NC4CC4)n3)cc2)CC1. The Balaban J connectivity index is 1.41. The van der Waals surface area contributed by atoms with Gasteiger partial charge in [-0.1, -0.05) is 0 Å². The van der Waals surface area contributed by atoms with Crippen molar-refractivity contribution in [2.24, 2.45) is 5.73 Å². The van der Waals surface area contributed by atoms with Crippen molar-refractivity contribution in [1.29, 1.82) is 0 Å². The van der Waals surface area contributed by atoms with Crippen molar-refractivity contribution in [2.75, 3.05) is 41.7 Å². The van der Waals surface area contributed by atoms with Gasteiger partial charge in [0.05, 0.1) is 0 Å². The third kappa shape index (κ3) is 4.73. The van der Waals surface area contributed by atoms with Crippen molar-refractivity contribution in [1.82, 2.24) is 20.1 Å². The second-order valence-corrected chi connectivity index (χ2v) is 7.90. The summed E-state index contributed by atoms with van der Waals surface area (Å²) in [5, 5.41) is 14.3. The summed E-state index contributed by atoms with van der Waals surface area (Å²) in [4.78, 5) is 20.8. The van der Waals surface area contributed by atoms with Crippen LogP contribution >= 0.6 is 0 Å². The first-order chi connectivity index (χ1) is 14.0. The average molecular weight is 396 g/mol.